The highest BCUT2D eigenvalue weighted by Crippen LogP contribution is 2.27. The van der Waals surface area contributed by atoms with E-state index in [1.54, 1.807) is 0 Å². The molecular weight excluding hydrogens is 278 g/mol. The molecule has 2 unspecified atom stereocenters. The molecule has 0 radical (unpaired) electrons. The van der Waals surface area contributed by atoms with Crippen molar-refractivity contribution in [2.45, 2.75) is 66.2 Å². The topological polar surface area (TPSA) is 3.24 Å². The molecule has 1 nitrogen and oxygen atoms in total. The quantitative estimate of drug-likeness (QED) is 0.664. The van der Waals surface area contributed by atoms with Gasteiger partial charge in [-0.2, -0.15) is 0 Å². The second-order valence-electron chi connectivity index (χ2n) is 8.49. The van der Waals surface area contributed by atoms with Gasteiger partial charge in [-0.1, -0.05) is 64.5 Å². The Balaban J connectivity index is 1.99. The summed E-state index contributed by atoms with van der Waals surface area (Å²) in [7, 11) is 0. The second-order valence-corrected chi connectivity index (χ2v) is 8.49. The van der Waals surface area contributed by atoms with Gasteiger partial charge in [0.05, 0.1) is 0 Å². The highest BCUT2D eigenvalue weighted by Gasteiger charge is 2.20. The van der Waals surface area contributed by atoms with Crippen LogP contribution in [0, 0.1) is 11.8 Å². The molecule has 1 aromatic rings. The van der Waals surface area contributed by atoms with Gasteiger partial charge in [0.2, 0.25) is 0 Å². The largest absolute Gasteiger partial charge is 0.377 e. The molecule has 0 amide bonds. The summed E-state index contributed by atoms with van der Waals surface area (Å²) in [4.78, 5) is 2.53. The first kappa shape index (κ1) is 18.1. The molecule has 2 rings (SSSR count). The third kappa shape index (κ3) is 5.12. The number of hydrogen-bond acceptors (Lipinski definition) is 1. The van der Waals surface area contributed by atoms with Gasteiger partial charge in [-0.3, -0.25) is 0 Å². The van der Waals surface area contributed by atoms with Gasteiger partial charge in [0.25, 0.3) is 0 Å². The predicted octanol–water partition coefficient (Wildman–Crippen LogP) is 5.80. The molecule has 2 atom stereocenters. The standard InChI is InChI=1S/C22H35N/c1-7-22(5,6)21-10-8-20(9-11-21)13-19(4)16-23-14-17(2)12-18(3)15-23/h8-11,16-18H,7,12-15H2,1-6H3. The van der Waals surface area contributed by atoms with Gasteiger partial charge >= 0.3 is 0 Å². The summed E-state index contributed by atoms with van der Waals surface area (Å²) in [5, 5.41) is 0. The van der Waals surface area contributed by atoms with Crippen molar-refractivity contribution < 1.29 is 0 Å². The lowest BCUT2D eigenvalue weighted by molar-refractivity contribution is 0.191. The Morgan fingerprint density at radius 3 is 2.22 bits per heavy atom. The van der Waals surface area contributed by atoms with Crippen molar-refractivity contribution in [1.82, 2.24) is 4.90 Å². The molecule has 0 N–H and O–H groups in total. The van der Waals surface area contributed by atoms with Crippen LogP contribution in [-0.4, -0.2) is 18.0 Å². The average Bonchev–Trinajstić information content (AvgIpc) is 2.46. The maximum atomic E-state index is 2.53. The fourth-order valence-electron chi connectivity index (χ4n) is 3.77. The Hall–Kier alpha value is -1.24. The number of hydrogen-bond donors (Lipinski definition) is 0. The van der Waals surface area contributed by atoms with Gasteiger partial charge < -0.3 is 4.90 Å². The van der Waals surface area contributed by atoms with Gasteiger partial charge in [-0.05, 0) is 60.8 Å². The van der Waals surface area contributed by atoms with E-state index in [1.165, 1.54) is 42.6 Å². The maximum Gasteiger partial charge on any atom is 0.0198 e. The van der Waals surface area contributed by atoms with Crippen LogP contribution in [0.4, 0.5) is 0 Å². The van der Waals surface area contributed by atoms with Crippen LogP contribution >= 0.6 is 0 Å². The number of rotatable bonds is 5. The second kappa shape index (κ2) is 7.55. The Kier molecular flexibility index (Phi) is 5.95. The molecular formula is C22H35N. The smallest absolute Gasteiger partial charge is 0.0198 e. The third-order valence-electron chi connectivity index (χ3n) is 5.40. The molecule has 0 saturated carbocycles. The molecule has 1 heterocycles. The van der Waals surface area contributed by atoms with E-state index >= 15 is 0 Å². The van der Waals surface area contributed by atoms with Crippen LogP contribution in [0.25, 0.3) is 0 Å². The Morgan fingerprint density at radius 2 is 1.70 bits per heavy atom. The van der Waals surface area contributed by atoms with Crippen molar-refractivity contribution in [3.8, 4) is 0 Å². The first-order chi connectivity index (χ1) is 10.8. The first-order valence-electron chi connectivity index (χ1n) is 9.31. The van der Waals surface area contributed by atoms with E-state index in [0.717, 1.165) is 18.3 Å². The van der Waals surface area contributed by atoms with Gasteiger partial charge in [-0.25, -0.2) is 0 Å². The fraction of sp³-hybridized carbons (Fsp3) is 0.636. The lowest BCUT2D eigenvalue weighted by Gasteiger charge is -2.34. The number of piperidine rings is 1. The predicted molar refractivity (Wildman–Crippen MR) is 102 cm³/mol. The zero-order chi connectivity index (χ0) is 17.0. The van der Waals surface area contributed by atoms with E-state index < -0.39 is 0 Å². The monoisotopic (exact) mass is 313 g/mol. The zero-order valence-electron chi connectivity index (χ0n) is 16.0. The molecule has 1 saturated heterocycles. The van der Waals surface area contributed by atoms with Crippen LogP contribution in [0.2, 0.25) is 0 Å². The molecule has 128 valence electrons. The Labute approximate surface area is 143 Å². The van der Waals surface area contributed by atoms with Crippen molar-refractivity contribution in [1.29, 1.82) is 0 Å². The summed E-state index contributed by atoms with van der Waals surface area (Å²) in [6.07, 6.45) is 6.01. The number of likely N-dealkylation sites (tertiary alicyclic amines) is 1. The van der Waals surface area contributed by atoms with Crippen LogP contribution in [-0.2, 0) is 11.8 Å². The SMILES string of the molecule is CCC(C)(C)c1ccc(CC(C)=CN2CC(C)CC(C)C2)cc1. The van der Waals surface area contributed by atoms with E-state index in [1.807, 2.05) is 0 Å². The van der Waals surface area contributed by atoms with Crippen LogP contribution in [0.5, 0.6) is 0 Å². The molecule has 1 heteroatoms. The summed E-state index contributed by atoms with van der Waals surface area (Å²) in [6.45, 7) is 16.4. The first-order valence-corrected chi connectivity index (χ1v) is 9.31. The number of nitrogens with zero attached hydrogens (tertiary/aromatic N) is 1. The average molecular weight is 314 g/mol. The zero-order valence-corrected chi connectivity index (χ0v) is 16.0. The molecule has 1 aliphatic heterocycles. The van der Waals surface area contributed by atoms with E-state index in [2.05, 4.69) is 76.9 Å². The van der Waals surface area contributed by atoms with E-state index in [0.29, 0.717) is 0 Å². The van der Waals surface area contributed by atoms with Gasteiger partial charge in [0.1, 0.15) is 0 Å². The van der Waals surface area contributed by atoms with Gasteiger partial charge in [0, 0.05) is 13.1 Å². The maximum absolute atomic E-state index is 2.53. The minimum Gasteiger partial charge on any atom is -0.377 e. The van der Waals surface area contributed by atoms with E-state index in [4.69, 9.17) is 0 Å². The van der Waals surface area contributed by atoms with E-state index in [9.17, 15) is 0 Å². The summed E-state index contributed by atoms with van der Waals surface area (Å²) in [5.41, 5.74) is 4.62. The van der Waals surface area contributed by atoms with Crippen LogP contribution in [0.15, 0.2) is 36.0 Å². The molecule has 0 bridgehead atoms. The molecule has 0 spiro atoms. The minimum atomic E-state index is 0.281. The summed E-state index contributed by atoms with van der Waals surface area (Å²) in [6, 6.07) is 9.26. The van der Waals surface area contributed by atoms with Crippen molar-refractivity contribution in [3.05, 3.63) is 47.2 Å². The molecule has 1 aromatic carbocycles. The summed E-state index contributed by atoms with van der Waals surface area (Å²) < 4.78 is 0. The number of allylic oxidation sites excluding steroid dienone is 1. The molecule has 0 aromatic heterocycles. The molecule has 0 aliphatic carbocycles. The van der Waals surface area contributed by atoms with Crippen molar-refractivity contribution in [2.75, 3.05) is 13.1 Å². The molecule has 23 heavy (non-hydrogen) atoms. The molecule has 1 aliphatic rings. The summed E-state index contributed by atoms with van der Waals surface area (Å²) >= 11 is 0. The van der Waals surface area contributed by atoms with Crippen LogP contribution in [0.1, 0.15) is 65.5 Å². The van der Waals surface area contributed by atoms with E-state index in [-0.39, 0.29) is 5.41 Å². The Morgan fingerprint density at radius 1 is 1.13 bits per heavy atom. The Bertz CT molecular complexity index is 513. The van der Waals surface area contributed by atoms with Crippen LogP contribution in [0.3, 0.4) is 0 Å². The minimum absolute atomic E-state index is 0.281. The van der Waals surface area contributed by atoms with Crippen LogP contribution < -0.4 is 0 Å². The number of benzene rings is 1. The summed E-state index contributed by atoms with van der Waals surface area (Å²) in [5.74, 6) is 1.64. The normalized spacial score (nSPS) is 23.2. The third-order valence-corrected chi connectivity index (χ3v) is 5.40. The lowest BCUT2D eigenvalue weighted by atomic mass is 9.82. The van der Waals surface area contributed by atoms with Gasteiger partial charge in [-0.15, -0.1) is 0 Å². The molecule has 1 fully saturated rings. The van der Waals surface area contributed by atoms with Crippen molar-refractivity contribution in [3.63, 3.8) is 0 Å². The van der Waals surface area contributed by atoms with Crippen molar-refractivity contribution in [2.24, 2.45) is 11.8 Å². The lowest BCUT2D eigenvalue weighted by Crippen LogP contribution is -2.35. The van der Waals surface area contributed by atoms with Gasteiger partial charge in [0.15, 0.2) is 0 Å². The highest BCUT2D eigenvalue weighted by atomic mass is 15.1. The highest BCUT2D eigenvalue weighted by molar-refractivity contribution is 5.30. The fourth-order valence-corrected chi connectivity index (χ4v) is 3.77. The van der Waals surface area contributed by atoms with Crippen molar-refractivity contribution >= 4 is 0 Å².